The van der Waals surface area contributed by atoms with Crippen molar-refractivity contribution in [3.8, 4) is 0 Å². The van der Waals surface area contributed by atoms with Crippen LogP contribution in [0.2, 0.25) is 0 Å². The zero-order valence-electron chi connectivity index (χ0n) is 19.3. The number of halogens is 1. The number of rotatable bonds is 8. The van der Waals surface area contributed by atoms with Crippen LogP contribution in [0.5, 0.6) is 0 Å². The second kappa shape index (κ2) is 10.1. The molecule has 0 saturated heterocycles. The monoisotopic (exact) mass is 492 g/mol. The van der Waals surface area contributed by atoms with E-state index in [1.807, 2.05) is 48.9 Å². The number of sulfonamides is 1. The normalized spacial score (nSPS) is 11.3. The van der Waals surface area contributed by atoms with Crippen molar-refractivity contribution in [3.63, 3.8) is 0 Å². The van der Waals surface area contributed by atoms with Gasteiger partial charge in [0.15, 0.2) is 0 Å². The molecule has 9 heteroatoms. The maximum Gasteiger partial charge on any atom is 0.261 e. The molecule has 0 atom stereocenters. The molecule has 35 heavy (non-hydrogen) atoms. The maximum absolute atomic E-state index is 13.1. The van der Waals surface area contributed by atoms with Crippen molar-refractivity contribution in [2.75, 3.05) is 4.72 Å². The summed E-state index contributed by atoms with van der Waals surface area (Å²) >= 11 is 0. The highest BCUT2D eigenvalue weighted by atomic mass is 32.2. The highest BCUT2D eigenvalue weighted by Crippen LogP contribution is 2.19. The first kappa shape index (κ1) is 24.2. The predicted molar refractivity (Wildman–Crippen MR) is 132 cm³/mol. The van der Waals surface area contributed by atoms with Gasteiger partial charge in [-0.3, -0.25) is 14.2 Å². The van der Waals surface area contributed by atoms with Crippen molar-refractivity contribution >= 4 is 21.6 Å². The summed E-state index contributed by atoms with van der Waals surface area (Å²) in [4.78, 5) is 12.7. The molecule has 0 aliphatic carbocycles. The van der Waals surface area contributed by atoms with E-state index in [0.29, 0.717) is 6.54 Å². The Kier molecular flexibility index (Phi) is 6.97. The van der Waals surface area contributed by atoms with E-state index in [-0.39, 0.29) is 22.7 Å². The van der Waals surface area contributed by atoms with Crippen LogP contribution in [0.15, 0.2) is 83.8 Å². The van der Waals surface area contributed by atoms with Crippen LogP contribution in [0.1, 0.15) is 32.9 Å². The van der Waals surface area contributed by atoms with Gasteiger partial charge >= 0.3 is 0 Å². The third-order valence-corrected chi connectivity index (χ3v) is 7.01. The van der Waals surface area contributed by atoms with Crippen LogP contribution in [0.25, 0.3) is 0 Å². The molecule has 0 unspecified atom stereocenters. The molecule has 0 fully saturated rings. The predicted octanol–water partition coefficient (Wildman–Crippen LogP) is 4.42. The van der Waals surface area contributed by atoms with Gasteiger partial charge in [0, 0.05) is 29.1 Å². The van der Waals surface area contributed by atoms with E-state index in [0.717, 1.165) is 34.6 Å². The Hall–Kier alpha value is -3.98. The number of aryl methyl sites for hydroxylation is 1. The van der Waals surface area contributed by atoms with Crippen LogP contribution in [0.4, 0.5) is 10.1 Å². The molecule has 180 valence electrons. The molecule has 0 bridgehead atoms. The van der Waals surface area contributed by atoms with Crippen molar-refractivity contribution in [3.05, 3.63) is 113 Å². The molecule has 0 spiro atoms. The fourth-order valence-electron chi connectivity index (χ4n) is 3.71. The van der Waals surface area contributed by atoms with Gasteiger partial charge in [-0.25, -0.2) is 12.8 Å². The van der Waals surface area contributed by atoms with Gasteiger partial charge in [-0.05, 0) is 61.9 Å². The number of hydrogen-bond donors (Lipinski definition) is 2. The largest absolute Gasteiger partial charge is 0.348 e. The lowest BCUT2D eigenvalue weighted by atomic mass is 10.1. The minimum absolute atomic E-state index is 0.0717. The van der Waals surface area contributed by atoms with E-state index >= 15 is 0 Å². The number of hydrogen-bond acceptors (Lipinski definition) is 4. The zero-order valence-corrected chi connectivity index (χ0v) is 20.1. The summed E-state index contributed by atoms with van der Waals surface area (Å²) in [5.74, 6) is -0.874. The first-order valence-electron chi connectivity index (χ1n) is 11.0. The van der Waals surface area contributed by atoms with E-state index < -0.39 is 21.7 Å². The van der Waals surface area contributed by atoms with Crippen LogP contribution < -0.4 is 10.0 Å². The SMILES string of the molecule is Cc1nn(Cc2ccccc2)c(C)c1CNC(=O)c1cccc(S(=O)(=O)Nc2ccc(F)cc2)c1. The van der Waals surface area contributed by atoms with E-state index in [1.165, 1.54) is 30.3 Å². The first-order valence-corrected chi connectivity index (χ1v) is 12.4. The number of carbonyl (C=O) groups excluding carboxylic acids is 1. The highest BCUT2D eigenvalue weighted by molar-refractivity contribution is 7.92. The summed E-state index contributed by atoms with van der Waals surface area (Å²) in [5, 5.41) is 7.46. The molecular weight excluding hydrogens is 467 g/mol. The van der Waals surface area contributed by atoms with Crippen LogP contribution in [-0.2, 0) is 23.1 Å². The van der Waals surface area contributed by atoms with E-state index in [9.17, 15) is 17.6 Å². The standard InChI is InChI=1S/C26H25FN4O3S/c1-18-25(19(2)31(29-18)17-20-7-4-3-5-8-20)16-28-26(32)21-9-6-10-24(15-21)35(33,34)30-23-13-11-22(27)12-14-23/h3-15,30H,16-17H2,1-2H3,(H,28,32). The van der Waals surface area contributed by atoms with Crippen molar-refractivity contribution in [2.24, 2.45) is 0 Å². The van der Waals surface area contributed by atoms with Gasteiger partial charge in [0.25, 0.3) is 15.9 Å². The number of aromatic nitrogens is 2. The molecule has 7 nitrogen and oxygen atoms in total. The number of nitrogens with one attached hydrogen (secondary N) is 2. The number of amides is 1. The van der Waals surface area contributed by atoms with Crippen molar-refractivity contribution < 1.29 is 17.6 Å². The molecule has 0 saturated carbocycles. The molecule has 1 aromatic heterocycles. The smallest absolute Gasteiger partial charge is 0.261 e. The molecule has 0 aliphatic heterocycles. The molecule has 3 aromatic carbocycles. The lowest BCUT2D eigenvalue weighted by Crippen LogP contribution is -2.24. The quantitative estimate of drug-likeness (QED) is 0.381. The number of carbonyl (C=O) groups is 1. The third-order valence-electron chi connectivity index (χ3n) is 5.64. The van der Waals surface area contributed by atoms with E-state index in [2.05, 4.69) is 15.1 Å². The molecule has 1 heterocycles. The van der Waals surface area contributed by atoms with E-state index in [1.54, 1.807) is 6.07 Å². The van der Waals surface area contributed by atoms with Gasteiger partial charge in [0.2, 0.25) is 0 Å². The molecular formula is C26H25FN4O3S. The molecule has 0 radical (unpaired) electrons. The second-order valence-electron chi connectivity index (χ2n) is 8.12. The van der Waals surface area contributed by atoms with Gasteiger partial charge in [-0.1, -0.05) is 36.4 Å². The highest BCUT2D eigenvalue weighted by Gasteiger charge is 2.18. The first-order chi connectivity index (χ1) is 16.7. The van der Waals surface area contributed by atoms with E-state index in [4.69, 9.17) is 0 Å². The van der Waals surface area contributed by atoms with Gasteiger partial charge in [-0.2, -0.15) is 5.10 Å². The number of anilines is 1. The Morgan fingerprint density at radius 1 is 0.971 bits per heavy atom. The number of benzene rings is 3. The van der Waals surface area contributed by atoms with Gasteiger partial charge in [0.1, 0.15) is 5.82 Å². The molecule has 1 amide bonds. The summed E-state index contributed by atoms with van der Waals surface area (Å²) < 4.78 is 42.9. The average Bonchev–Trinajstić information content (AvgIpc) is 3.11. The molecule has 0 aliphatic rings. The number of nitrogens with zero attached hydrogens (tertiary/aromatic N) is 2. The summed E-state index contributed by atoms with van der Waals surface area (Å²) in [7, 11) is -3.95. The van der Waals surface area contributed by atoms with Gasteiger partial charge in [-0.15, -0.1) is 0 Å². The Balaban J connectivity index is 1.45. The third kappa shape index (κ3) is 5.75. The van der Waals surface area contributed by atoms with Crippen LogP contribution >= 0.6 is 0 Å². The Labute approximate surface area is 203 Å². The summed E-state index contributed by atoms with van der Waals surface area (Å²) in [6.45, 7) is 4.74. The van der Waals surface area contributed by atoms with Crippen LogP contribution in [-0.4, -0.2) is 24.1 Å². The average molecular weight is 493 g/mol. The Morgan fingerprint density at radius 3 is 2.40 bits per heavy atom. The Bertz CT molecular complexity index is 1450. The second-order valence-corrected chi connectivity index (χ2v) is 9.80. The van der Waals surface area contributed by atoms with Crippen LogP contribution in [0.3, 0.4) is 0 Å². The fourth-order valence-corrected chi connectivity index (χ4v) is 4.81. The van der Waals surface area contributed by atoms with Crippen molar-refractivity contribution in [1.82, 2.24) is 15.1 Å². The zero-order chi connectivity index (χ0) is 25.0. The topological polar surface area (TPSA) is 93.1 Å². The maximum atomic E-state index is 13.1. The molecule has 2 N–H and O–H groups in total. The summed E-state index contributed by atoms with van der Waals surface area (Å²) in [5.41, 5.74) is 4.24. The minimum atomic E-state index is -3.95. The fraction of sp³-hybridized carbons (Fsp3) is 0.154. The lowest BCUT2D eigenvalue weighted by molar-refractivity contribution is 0.0950. The van der Waals surface area contributed by atoms with Crippen molar-refractivity contribution in [2.45, 2.75) is 31.8 Å². The van der Waals surface area contributed by atoms with Crippen molar-refractivity contribution in [1.29, 1.82) is 0 Å². The van der Waals surface area contributed by atoms with Gasteiger partial charge < -0.3 is 5.32 Å². The van der Waals surface area contributed by atoms with Gasteiger partial charge in [0.05, 0.1) is 17.1 Å². The minimum Gasteiger partial charge on any atom is -0.348 e. The summed E-state index contributed by atoms with van der Waals surface area (Å²) in [6.07, 6.45) is 0. The molecule has 4 rings (SSSR count). The lowest BCUT2D eigenvalue weighted by Gasteiger charge is -2.10. The summed E-state index contributed by atoms with van der Waals surface area (Å²) in [6, 6.07) is 20.7. The van der Waals surface area contributed by atoms with Crippen LogP contribution in [0, 0.1) is 19.7 Å². The molecule has 4 aromatic rings. The Morgan fingerprint density at radius 2 is 1.69 bits per heavy atom.